The van der Waals surface area contributed by atoms with Crippen molar-refractivity contribution >= 4 is 11.7 Å². The van der Waals surface area contributed by atoms with E-state index in [9.17, 15) is 9.59 Å². The van der Waals surface area contributed by atoms with Gasteiger partial charge in [0, 0.05) is 24.4 Å². The summed E-state index contributed by atoms with van der Waals surface area (Å²) in [5.41, 5.74) is -0.175. The van der Waals surface area contributed by atoms with Crippen LogP contribution in [0.1, 0.15) is 44.6 Å². The SMILES string of the molecule is O=C(Nc1nccn(C2CC2)c1=O)C1CCCC1. The third-order valence-corrected chi connectivity index (χ3v) is 3.78. The van der Waals surface area contributed by atoms with Gasteiger partial charge in [0.1, 0.15) is 0 Å². The first-order chi connectivity index (χ1) is 8.75. The Kier molecular flexibility index (Phi) is 2.89. The Morgan fingerprint density at radius 3 is 2.67 bits per heavy atom. The smallest absolute Gasteiger partial charge is 0.293 e. The molecular weight excluding hydrogens is 230 g/mol. The number of aromatic nitrogens is 2. The summed E-state index contributed by atoms with van der Waals surface area (Å²) in [6.07, 6.45) is 9.43. The van der Waals surface area contributed by atoms with Crippen LogP contribution in [0.4, 0.5) is 5.82 Å². The van der Waals surface area contributed by atoms with Crippen LogP contribution < -0.4 is 10.9 Å². The lowest BCUT2D eigenvalue weighted by atomic mass is 10.1. The van der Waals surface area contributed by atoms with Crippen molar-refractivity contribution in [3.63, 3.8) is 0 Å². The lowest BCUT2D eigenvalue weighted by molar-refractivity contribution is -0.119. The molecule has 1 N–H and O–H groups in total. The van der Waals surface area contributed by atoms with E-state index in [1.165, 1.54) is 0 Å². The van der Waals surface area contributed by atoms with Gasteiger partial charge in [0.05, 0.1) is 0 Å². The van der Waals surface area contributed by atoms with E-state index in [0.717, 1.165) is 38.5 Å². The molecule has 0 bridgehead atoms. The van der Waals surface area contributed by atoms with Crippen molar-refractivity contribution in [2.75, 3.05) is 5.32 Å². The van der Waals surface area contributed by atoms with Crippen molar-refractivity contribution in [1.82, 2.24) is 9.55 Å². The number of rotatable bonds is 3. The zero-order valence-electron chi connectivity index (χ0n) is 10.3. The number of carbonyl (C=O) groups is 1. The predicted octanol–water partition coefficient (Wildman–Crippen LogP) is 1.71. The van der Waals surface area contributed by atoms with Crippen molar-refractivity contribution in [2.45, 2.75) is 44.6 Å². The average Bonchev–Trinajstić information content (AvgIpc) is 3.05. The van der Waals surface area contributed by atoms with E-state index < -0.39 is 0 Å². The Labute approximate surface area is 105 Å². The maximum atomic E-state index is 12.1. The summed E-state index contributed by atoms with van der Waals surface area (Å²) in [4.78, 5) is 28.0. The predicted molar refractivity (Wildman–Crippen MR) is 67.4 cm³/mol. The molecule has 0 aliphatic heterocycles. The molecule has 96 valence electrons. The van der Waals surface area contributed by atoms with Gasteiger partial charge in [0.25, 0.3) is 5.56 Å². The number of hydrogen-bond acceptors (Lipinski definition) is 3. The number of nitrogens with one attached hydrogen (secondary N) is 1. The molecule has 1 amide bonds. The summed E-state index contributed by atoms with van der Waals surface area (Å²) in [5, 5.41) is 2.69. The molecule has 0 aromatic carbocycles. The third-order valence-electron chi connectivity index (χ3n) is 3.78. The quantitative estimate of drug-likeness (QED) is 0.884. The fourth-order valence-corrected chi connectivity index (χ4v) is 2.56. The highest BCUT2D eigenvalue weighted by Gasteiger charge is 2.27. The van der Waals surface area contributed by atoms with Crippen LogP contribution in [0, 0.1) is 5.92 Å². The van der Waals surface area contributed by atoms with Gasteiger partial charge in [-0.3, -0.25) is 9.59 Å². The molecular formula is C13H17N3O2. The summed E-state index contributed by atoms with van der Waals surface area (Å²) in [6, 6.07) is 0.308. The molecule has 2 aliphatic carbocycles. The van der Waals surface area contributed by atoms with Crippen molar-refractivity contribution < 1.29 is 4.79 Å². The molecule has 3 rings (SSSR count). The zero-order chi connectivity index (χ0) is 12.5. The summed E-state index contributed by atoms with van der Waals surface area (Å²) in [6.45, 7) is 0. The molecule has 18 heavy (non-hydrogen) atoms. The second-order valence-corrected chi connectivity index (χ2v) is 5.19. The molecule has 1 aromatic heterocycles. The van der Waals surface area contributed by atoms with Gasteiger partial charge in [-0.25, -0.2) is 4.98 Å². The highest BCUT2D eigenvalue weighted by Crippen LogP contribution is 2.33. The minimum atomic E-state index is -0.175. The van der Waals surface area contributed by atoms with Crippen LogP contribution in [0.3, 0.4) is 0 Å². The second-order valence-electron chi connectivity index (χ2n) is 5.19. The van der Waals surface area contributed by atoms with Crippen LogP contribution >= 0.6 is 0 Å². The van der Waals surface area contributed by atoms with Gasteiger partial charge in [-0.15, -0.1) is 0 Å². The first-order valence-corrected chi connectivity index (χ1v) is 6.64. The molecule has 1 heterocycles. The van der Waals surface area contributed by atoms with Crippen molar-refractivity contribution in [1.29, 1.82) is 0 Å². The van der Waals surface area contributed by atoms with E-state index in [-0.39, 0.29) is 23.2 Å². The third kappa shape index (κ3) is 2.17. The van der Waals surface area contributed by atoms with Crippen molar-refractivity contribution in [2.24, 2.45) is 5.92 Å². The number of carbonyl (C=O) groups excluding carboxylic acids is 1. The van der Waals surface area contributed by atoms with E-state index >= 15 is 0 Å². The zero-order valence-corrected chi connectivity index (χ0v) is 10.3. The summed E-state index contributed by atoms with van der Waals surface area (Å²) < 4.78 is 1.68. The van der Waals surface area contributed by atoms with Crippen LogP contribution in [-0.4, -0.2) is 15.5 Å². The minimum absolute atomic E-state index is 0.0503. The van der Waals surface area contributed by atoms with Crippen molar-refractivity contribution in [3.05, 3.63) is 22.7 Å². The minimum Gasteiger partial charge on any atom is -0.308 e. The summed E-state index contributed by atoms with van der Waals surface area (Å²) in [5.74, 6) is 0.188. The van der Waals surface area contributed by atoms with Crippen LogP contribution in [-0.2, 0) is 4.79 Å². The van der Waals surface area contributed by atoms with E-state index in [4.69, 9.17) is 0 Å². The topological polar surface area (TPSA) is 64.0 Å². The Morgan fingerprint density at radius 1 is 1.28 bits per heavy atom. The average molecular weight is 247 g/mol. The normalized spacial score (nSPS) is 20.0. The van der Waals surface area contributed by atoms with Crippen LogP contribution in [0.5, 0.6) is 0 Å². The lowest BCUT2D eigenvalue weighted by Crippen LogP contribution is -2.29. The fourth-order valence-electron chi connectivity index (χ4n) is 2.56. The van der Waals surface area contributed by atoms with Gasteiger partial charge in [-0.2, -0.15) is 0 Å². The van der Waals surface area contributed by atoms with Gasteiger partial charge in [0.2, 0.25) is 5.91 Å². The molecule has 0 spiro atoms. The van der Waals surface area contributed by atoms with E-state index in [0.29, 0.717) is 6.04 Å². The van der Waals surface area contributed by atoms with Gasteiger partial charge < -0.3 is 9.88 Å². The van der Waals surface area contributed by atoms with E-state index in [2.05, 4.69) is 10.3 Å². The number of amides is 1. The fraction of sp³-hybridized carbons (Fsp3) is 0.615. The maximum absolute atomic E-state index is 12.1. The Morgan fingerprint density at radius 2 is 2.00 bits per heavy atom. The molecule has 0 radical (unpaired) electrons. The van der Waals surface area contributed by atoms with Gasteiger partial charge in [-0.05, 0) is 25.7 Å². The number of nitrogens with zero attached hydrogens (tertiary/aromatic N) is 2. The lowest BCUT2D eigenvalue weighted by Gasteiger charge is -2.10. The highest BCUT2D eigenvalue weighted by atomic mass is 16.2. The maximum Gasteiger partial charge on any atom is 0.293 e. The van der Waals surface area contributed by atoms with Crippen LogP contribution in [0.15, 0.2) is 17.2 Å². The van der Waals surface area contributed by atoms with E-state index in [1.54, 1.807) is 17.0 Å². The monoisotopic (exact) mass is 247 g/mol. The molecule has 2 aliphatic rings. The molecule has 0 atom stereocenters. The Bertz CT molecular complexity index is 513. The highest BCUT2D eigenvalue weighted by molar-refractivity contribution is 5.91. The first kappa shape index (κ1) is 11.4. The molecule has 0 saturated heterocycles. The first-order valence-electron chi connectivity index (χ1n) is 6.64. The van der Waals surface area contributed by atoms with Gasteiger partial charge in [0.15, 0.2) is 5.82 Å². The molecule has 0 unspecified atom stereocenters. The molecule has 2 saturated carbocycles. The van der Waals surface area contributed by atoms with Gasteiger partial charge >= 0.3 is 0 Å². The Balaban J connectivity index is 1.77. The van der Waals surface area contributed by atoms with Gasteiger partial charge in [-0.1, -0.05) is 12.8 Å². The number of anilines is 1. The van der Waals surface area contributed by atoms with Crippen LogP contribution in [0.2, 0.25) is 0 Å². The Hall–Kier alpha value is -1.65. The molecule has 2 fully saturated rings. The van der Waals surface area contributed by atoms with E-state index in [1.807, 2.05) is 0 Å². The molecule has 5 nitrogen and oxygen atoms in total. The second kappa shape index (κ2) is 4.55. The molecule has 1 aromatic rings. The van der Waals surface area contributed by atoms with Crippen LogP contribution in [0.25, 0.3) is 0 Å². The standard InChI is InChI=1S/C13H17N3O2/c17-12(9-3-1-2-4-9)15-11-13(18)16(8-7-14-11)10-5-6-10/h7-10H,1-6H2,(H,14,15,17). The number of hydrogen-bond donors (Lipinski definition) is 1. The summed E-state index contributed by atoms with van der Waals surface area (Å²) >= 11 is 0. The largest absolute Gasteiger partial charge is 0.308 e. The van der Waals surface area contributed by atoms with Crippen molar-refractivity contribution in [3.8, 4) is 0 Å². The molecule has 5 heteroatoms. The summed E-state index contributed by atoms with van der Waals surface area (Å²) in [7, 11) is 0.